The number of hydrogen-bond acceptors (Lipinski definition) is 4. The molecule has 0 radical (unpaired) electrons. The van der Waals surface area contributed by atoms with Crippen molar-refractivity contribution in [2.75, 3.05) is 11.4 Å². The SMILES string of the molecule is CCN(c1ccccc1)c1ncnc2c1cc(-c1ccc(O)cc1)n2C. The summed E-state index contributed by atoms with van der Waals surface area (Å²) in [4.78, 5) is 11.3. The molecule has 0 unspecified atom stereocenters. The Morgan fingerprint density at radius 1 is 1.00 bits per heavy atom. The van der Waals surface area contributed by atoms with E-state index in [1.54, 1.807) is 18.5 Å². The second-order valence-corrected chi connectivity index (χ2v) is 6.15. The van der Waals surface area contributed by atoms with Gasteiger partial charge in [0, 0.05) is 19.3 Å². The summed E-state index contributed by atoms with van der Waals surface area (Å²) >= 11 is 0. The maximum absolute atomic E-state index is 9.55. The third-order valence-corrected chi connectivity index (χ3v) is 4.60. The summed E-state index contributed by atoms with van der Waals surface area (Å²) in [7, 11) is 2.00. The molecule has 0 spiro atoms. The summed E-state index contributed by atoms with van der Waals surface area (Å²) in [6, 6.07) is 19.6. The predicted octanol–water partition coefficient (Wildman–Crippen LogP) is 4.50. The van der Waals surface area contributed by atoms with Gasteiger partial charge in [-0.3, -0.25) is 0 Å². The molecule has 130 valence electrons. The van der Waals surface area contributed by atoms with Crippen LogP contribution < -0.4 is 4.90 Å². The fourth-order valence-corrected chi connectivity index (χ4v) is 3.31. The largest absolute Gasteiger partial charge is 0.508 e. The first-order chi connectivity index (χ1) is 12.7. The van der Waals surface area contributed by atoms with E-state index >= 15 is 0 Å². The average molecular weight is 344 g/mol. The highest BCUT2D eigenvalue weighted by atomic mass is 16.3. The molecule has 2 heterocycles. The van der Waals surface area contributed by atoms with Gasteiger partial charge in [0.15, 0.2) is 0 Å². The number of hydrogen-bond donors (Lipinski definition) is 1. The van der Waals surface area contributed by atoms with Crippen LogP contribution in [0, 0.1) is 0 Å². The quantitative estimate of drug-likeness (QED) is 0.592. The maximum atomic E-state index is 9.55. The summed E-state index contributed by atoms with van der Waals surface area (Å²) in [5.41, 5.74) is 4.04. The molecule has 0 aliphatic carbocycles. The molecular weight excluding hydrogens is 324 g/mol. The van der Waals surface area contributed by atoms with E-state index in [0.29, 0.717) is 0 Å². The number of benzene rings is 2. The Hall–Kier alpha value is -3.34. The fourth-order valence-electron chi connectivity index (χ4n) is 3.31. The van der Waals surface area contributed by atoms with Crippen LogP contribution in [0.4, 0.5) is 11.5 Å². The number of anilines is 2. The predicted molar refractivity (Wildman–Crippen MR) is 105 cm³/mol. The molecule has 2 aromatic heterocycles. The second kappa shape index (κ2) is 6.52. The van der Waals surface area contributed by atoms with E-state index in [0.717, 1.165) is 40.3 Å². The van der Waals surface area contributed by atoms with Gasteiger partial charge in [0.1, 0.15) is 23.5 Å². The number of aromatic nitrogens is 3. The fraction of sp³-hybridized carbons (Fsp3) is 0.143. The minimum atomic E-state index is 0.259. The molecule has 5 nitrogen and oxygen atoms in total. The van der Waals surface area contributed by atoms with Gasteiger partial charge in [0.05, 0.1) is 11.1 Å². The zero-order valence-electron chi connectivity index (χ0n) is 14.8. The smallest absolute Gasteiger partial charge is 0.145 e. The van der Waals surface area contributed by atoms with Crippen LogP contribution in [0.15, 0.2) is 67.0 Å². The van der Waals surface area contributed by atoms with Gasteiger partial charge in [-0.1, -0.05) is 18.2 Å². The van der Waals surface area contributed by atoms with Crippen molar-refractivity contribution in [2.45, 2.75) is 6.92 Å². The Morgan fingerprint density at radius 3 is 2.42 bits per heavy atom. The van der Waals surface area contributed by atoms with Crippen molar-refractivity contribution in [3.63, 3.8) is 0 Å². The third kappa shape index (κ3) is 2.67. The Bertz CT molecular complexity index is 1040. The molecular formula is C21H20N4O. The third-order valence-electron chi connectivity index (χ3n) is 4.60. The standard InChI is InChI=1S/C21H20N4O/c1-3-25(16-7-5-4-6-8-16)21-18-13-19(15-9-11-17(26)12-10-15)24(2)20(18)22-14-23-21/h4-14,26H,3H2,1-2H3. The van der Waals surface area contributed by atoms with Crippen molar-refractivity contribution >= 4 is 22.5 Å². The van der Waals surface area contributed by atoms with Crippen LogP contribution in [0.25, 0.3) is 22.3 Å². The van der Waals surface area contributed by atoms with Crippen molar-refractivity contribution in [2.24, 2.45) is 7.05 Å². The average Bonchev–Trinajstić information content (AvgIpc) is 3.02. The molecule has 0 bridgehead atoms. The first kappa shape index (κ1) is 16.1. The monoisotopic (exact) mass is 344 g/mol. The van der Waals surface area contributed by atoms with Gasteiger partial charge in [-0.25, -0.2) is 9.97 Å². The summed E-state index contributed by atoms with van der Waals surface area (Å²) in [6.45, 7) is 2.92. The Kier molecular flexibility index (Phi) is 4.05. The van der Waals surface area contributed by atoms with E-state index in [-0.39, 0.29) is 5.75 Å². The lowest BCUT2D eigenvalue weighted by Crippen LogP contribution is -2.17. The molecule has 0 fully saturated rings. The van der Waals surface area contributed by atoms with Crippen molar-refractivity contribution in [3.05, 3.63) is 67.0 Å². The topological polar surface area (TPSA) is 54.2 Å². The number of phenols is 1. The number of rotatable bonds is 4. The number of nitrogens with zero attached hydrogens (tertiary/aromatic N) is 4. The molecule has 0 saturated carbocycles. The molecule has 2 aromatic carbocycles. The van der Waals surface area contributed by atoms with Crippen LogP contribution in [0.5, 0.6) is 5.75 Å². The van der Waals surface area contributed by atoms with Crippen molar-refractivity contribution < 1.29 is 5.11 Å². The molecule has 0 saturated heterocycles. The van der Waals surface area contributed by atoms with Crippen LogP contribution in [-0.2, 0) is 7.05 Å². The molecule has 0 amide bonds. The summed E-state index contributed by atoms with van der Waals surface area (Å²) in [6.07, 6.45) is 1.61. The minimum Gasteiger partial charge on any atom is -0.508 e. The highest BCUT2D eigenvalue weighted by molar-refractivity contribution is 5.94. The van der Waals surface area contributed by atoms with Gasteiger partial charge in [-0.05, 0) is 55.0 Å². The van der Waals surface area contributed by atoms with Crippen LogP contribution in [-0.4, -0.2) is 26.2 Å². The van der Waals surface area contributed by atoms with Crippen LogP contribution in [0.3, 0.4) is 0 Å². The Morgan fingerprint density at radius 2 is 1.73 bits per heavy atom. The molecule has 26 heavy (non-hydrogen) atoms. The summed E-state index contributed by atoms with van der Waals surface area (Å²) in [5.74, 6) is 1.15. The first-order valence-corrected chi connectivity index (χ1v) is 8.61. The van der Waals surface area contributed by atoms with Crippen LogP contribution in [0.1, 0.15) is 6.92 Å². The number of para-hydroxylation sites is 1. The summed E-state index contributed by atoms with van der Waals surface area (Å²) in [5, 5.41) is 10.6. The lowest BCUT2D eigenvalue weighted by molar-refractivity contribution is 0.475. The van der Waals surface area contributed by atoms with E-state index in [2.05, 4.69) is 44.6 Å². The van der Waals surface area contributed by atoms with Crippen molar-refractivity contribution in [1.29, 1.82) is 0 Å². The highest BCUT2D eigenvalue weighted by Crippen LogP contribution is 2.34. The van der Waals surface area contributed by atoms with Gasteiger partial charge >= 0.3 is 0 Å². The number of aromatic hydroxyl groups is 1. The van der Waals surface area contributed by atoms with E-state index in [1.807, 2.05) is 37.4 Å². The van der Waals surface area contributed by atoms with Crippen molar-refractivity contribution in [3.8, 4) is 17.0 Å². The summed E-state index contributed by atoms with van der Waals surface area (Å²) < 4.78 is 2.06. The first-order valence-electron chi connectivity index (χ1n) is 8.61. The molecule has 0 aliphatic rings. The zero-order valence-corrected chi connectivity index (χ0v) is 14.8. The van der Waals surface area contributed by atoms with Crippen LogP contribution >= 0.6 is 0 Å². The molecule has 4 rings (SSSR count). The molecule has 5 heteroatoms. The second-order valence-electron chi connectivity index (χ2n) is 6.15. The van der Waals surface area contributed by atoms with Crippen LogP contribution in [0.2, 0.25) is 0 Å². The van der Waals surface area contributed by atoms with E-state index in [4.69, 9.17) is 0 Å². The number of aryl methyl sites for hydroxylation is 1. The van der Waals surface area contributed by atoms with Gasteiger partial charge in [0.2, 0.25) is 0 Å². The minimum absolute atomic E-state index is 0.259. The van der Waals surface area contributed by atoms with E-state index < -0.39 is 0 Å². The lowest BCUT2D eigenvalue weighted by Gasteiger charge is -2.22. The normalized spacial score (nSPS) is 11.0. The highest BCUT2D eigenvalue weighted by Gasteiger charge is 2.17. The number of fused-ring (bicyclic) bond motifs is 1. The molecule has 1 N–H and O–H groups in total. The van der Waals surface area contributed by atoms with Crippen molar-refractivity contribution in [1.82, 2.24) is 14.5 Å². The maximum Gasteiger partial charge on any atom is 0.145 e. The molecule has 4 aromatic rings. The van der Waals surface area contributed by atoms with Gasteiger partial charge in [-0.15, -0.1) is 0 Å². The van der Waals surface area contributed by atoms with Gasteiger partial charge < -0.3 is 14.6 Å². The molecule has 0 atom stereocenters. The molecule has 0 aliphatic heterocycles. The Balaban J connectivity index is 1.89. The van der Waals surface area contributed by atoms with E-state index in [9.17, 15) is 5.11 Å². The van der Waals surface area contributed by atoms with E-state index in [1.165, 1.54) is 0 Å². The Labute approximate surface area is 152 Å². The zero-order chi connectivity index (χ0) is 18.1. The lowest BCUT2D eigenvalue weighted by atomic mass is 10.1. The van der Waals surface area contributed by atoms with Gasteiger partial charge in [-0.2, -0.15) is 0 Å². The number of phenolic OH excluding ortho intramolecular Hbond substituents is 1. The van der Waals surface area contributed by atoms with Gasteiger partial charge in [0.25, 0.3) is 0 Å².